The summed E-state index contributed by atoms with van der Waals surface area (Å²) in [6.07, 6.45) is 2.29. The molecule has 1 saturated heterocycles. The van der Waals surface area contributed by atoms with E-state index in [4.69, 9.17) is 0 Å². The molecule has 0 amide bonds. The van der Waals surface area contributed by atoms with Crippen LogP contribution >= 0.6 is 0 Å². The minimum absolute atomic E-state index is 0.493. The molecule has 1 N–H and O–H groups in total. The van der Waals surface area contributed by atoms with Gasteiger partial charge >= 0.3 is 0 Å². The Morgan fingerprint density at radius 2 is 2.12 bits per heavy atom. The fraction of sp³-hybridized carbons (Fsp3) is 0.600. The Morgan fingerprint density at radius 3 is 2.94 bits per heavy atom. The van der Waals surface area contributed by atoms with Crippen LogP contribution in [0.3, 0.4) is 0 Å². The van der Waals surface area contributed by atoms with Crippen LogP contribution in [-0.2, 0) is 0 Å². The number of fused-ring (bicyclic) bond motifs is 1. The summed E-state index contributed by atoms with van der Waals surface area (Å²) in [4.78, 5) is 2.34. The summed E-state index contributed by atoms with van der Waals surface area (Å²) < 4.78 is 1.44. The van der Waals surface area contributed by atoms with E-state index in [1.807, 2.05) is 12.1 Å². The molecule has 0 saturated carbocycles. The van der Waals surface area contributed by atoms with Gasteiger partial charge < -0.3 is 10.2 Å². The third-order valence-corrected chi connectivity index (χ3v) is 3.14. The van der Waals surface area contributed by atoms with Crippen molar-refractivity contribution in [2.45, 2.75) is 18.9 Å². The third-order valence-electron chi connectivity index (χ3n) is 3.14. The van der Waals surface area contributed by atoms with Gasteiger partial charge in [0.2, 0.25) is 0 Å². The Labute approximate surface area is 98.8 Å². The molecule has 0 unspecified atom stereocenters. The second-order valence-electron chi connectivity index (χ2n) is 4.47. The van der Waals surface area contributed by atoms with E-state index < -0.39 is 0 Å². The summed E-state index contributed by atoms with van der Waals surface area (Å²) in [6.45, 7) is 2.26. The lowest BCUT2D eigenvalue weighted by Crippen LogP contribution is -2.36. The number of anilines is 1. The molecule has 3 heterocycles. The lowest BCUT2D eigenvalue weighted by Gasteiger charge is -2.29. The van der Waals surface area contributed by atoms with Crippen molar-refractivity contribution in [2.24, 2.45) is 0 Å². The number of piperidine rings is 1. The SMILES string of the molecule is CN1CCC(Nc2ccc3nnnn3n2)CC1. The fourth-order valence-corrected chi connectivity index (χ4v) is 2.09. The molecule has 0 bridgehead atoms. The maximum Gasteiger partial charge on any atom is 0.200 e. The van der Waals surface area contributed by atoms with Crippen molar-refractivity contribution >= 4 is 11.5 Å². The predicted molar refractivity (Wildman–Crippen MR) is 62.7 cm³/mol. The molecule has 0 radical (unpaired) electrons. The van der Waals surface area contributed by atoms with Gasteiger partial charge in [-0.05, 0) is 55.5 Å². The standard InChI is InChI=1S/C10H15N7/c1-16-6-4-8(5-7-16)11-9-2-3-10-12-14-15-17(10)13-9/h2-3,8H,4-7H2,1H3,(H,11,13). The van der Waals surface area contributed by atoms with Gasteiger partial charge in [0.15, 0.2) is 5.65 Å². The van der Waals surface area contributed by atoms with Crippen LogP contribution < -0.4 is 5.32 Å². The van der Waals surface area contributed by atoms with Crippen LogP contribution in [-0.4, -0.2) is 56.3 Å². The van der Waals surface area contributed by atoms with Crippen molar-refractivity contribution < 1.29 is 0 Å². The summed E-state index contributed by atoms with van der Waals surface area (Å²) in [5.41, 5.74) is 0.666. The quantitative estimate of drug-likeness (QED) is 0.788. The van der Waals surface area contributed by atoms with Crippen LogP contribution in [0.15, 0.2) is 12.1 Å². The van der Waals surface area contributed by atoms with Crippen molar-refractivity contribution in [1.29, 1.82) is 0 Å². The molecule has 17 heavy (non-hydrogen) atoms. The number of likely N-dealkylation sites (tertiary alicyclic amines) is 1. The molecule has 3 rings (SSSR count). The Balaban J connectivity index is 1.71. The van der Waals surface area contributed by atoms with E-state index in [-0.39, 0.29) is 0 Å². The molecule has 7 heteroatoms. The van der Waals surface area contributed by atoms with E-state index in [1.165, 1.54) is 4.63 Å². The van der Waals surface area contributed by atoms with Gasteiger partial charge in [-0.2, -0.15) is 0 Å². The second-order valence-corrected chi connectivity index (χ2v) is 4.47. The van der Waals surface area contributed by atoms with Crippen molar-refractivity contribution in [3.63, 3.8) is 0 Å². The van der Waals surface area contributed by atoms with E-state index >= 15 is 0 Å². The van der Waals surface area contributed by atoms with E-state index in [1.54, 1.807) is 0 Å². The van der Waals surface area contributed by atoms with Crippen LogP contribution in [0.25, 0.3) is 5.65 Å². The average molecular weight is 233 g/mol. The fourth-order valence-electron chi connectivity index (χ4n) is 2.09. The molecule has 2 aromatic rings. The molecule has 0 aromatic carbocycles. The molecule has 0 atom stereocenters. The van der Waals surface area contributed by atoms with Gasteiger partial charge in [0.1, 0.15) is 5.82 Å². The maximum absolute atomic E-state index is 4.30. The van der Waals surface area contributed by atoms with Crippen molar-refractivity contribution in [3.8, 4) is 0 Å². The minimum Gasteiger partial charge on any atom is -0.366 e. The van der Waals surface area contributed by atoms with E-state index in [2.05, 4.69) is 37.9 Å². The molecule has 7 nitrogen and oxygen atoms in total. The monoisotopic (exact) mass is 233 g/mol. The minimum atomic E-state index is 0.493. The average Bonchev–Trinajstić information content (AvgIpc) is 2.79. The number of hydrogen-bond donors (Lipinski definition) is 1. The number of hydrogen-bond acceptors (Lipinski definition) is 6. The summed E-state index contributed by atoms with van der Waals surface area (Å²) in [5.74, 6) is 0.833. The van der Waals surface area contributed by atoms with Gasteiger partial charge in [0.05, 0.1) is 0 Å². The first kappa shape index (κ1) is 10.4. The molecule has 1 aliphatic rings. The first-order chi connectivity index (χ1) is 8.31. The Bertz CT molecular complexity index is 500. The molecule has 0 aliphatic carbocycles. The Hall–Kier alpha value is -1.76. The van der Waals surface area contributed by atoms with Crippen LogP contribution in [0.5, 0.6) is 0 Å². The maximum atomic E-state index is 4.30. The first-order valence-electron chi connectivity index (χ1n) is 5.82. The highest BCUT2D eigenvalue weighted by atomic mass is 15.6. The zero-order valence-corrected chi connectivity index (χ0v) is 9.74. The number of rotatable bonds is 2. The van der Waals surface area contributed by atoms with Gasteiger partial charge in [0.25, 0.3) is 0 Å². The highest BCUT2D eigenvalue weighted by Gasteiger charge is 2.16. The largest absolute Gasteiger partial charge is 0.366 e. The molecule has 1 fully saturated rings. The second kappa shape index (κ2) is 4.25. The first-order valence-corrected chi connectivity index (χ1v) is 5.82. The summed E-state index contributed by atoms with van der Waals surface area (Å²) in [6, 6.07) is 4.28. The molecular formula is C10H15N7. The molecule has 2 aromatic heterocycles. The van der Waals surface area contributed by atoms with Crippen molar-refractivity contribution in [2.75, 3.05) is 25.5 Å². The zero-order chi connectivity index (χ0) is 11.7. The Morgan fingerprint density at radius 1 is 1.29 bits per heavy atom. The number of nitrogens with one attached hydrogen (secondary N) is 1. The van der Waals surface area contributed by atoms with E-state index in [9.17, 15) is 0 Å². The lowest BCUT2D eigenvalue weighted by molar-refractivity contribution is 0.263. The molecular weight excluding hydrogens is 218 g/mol. The van der Waals surface area contributed by atoms with Gasteiger partial charge in [-0.25, -0.2) is 0 Å². The molecule has 1 aliphatic heterocycles. The Kier molecular flexibility index (Phi) is 2.60. The molecule has 0 spiro atoms. The number of aromatic nitrogens is 5. The zero-order valence-electron chi connectivity index (χ0n) is 9.74. The number of tetrazole rings is 1. The van der Waals surface area contributed by atoms with E-state index in [0.29, 0.717) is 11.7 Å². The summed E-state index contributed by atoms with van der Waals surface area (Å²) >= 11 is 0. The van der Waals surface area contributed by atoms with Crippen LogP contribution in [0, 0.1) is 0 Å². The van der Waals surface area contributed by atoms with Crippen molar-refractivity contribution in [3.05, 3.63) is 12.1 Å². The van der Waals surface area contributed by atoms with Gasteiger partial charge in [-0.1, -0.05) is 0 Å². The van der Waals surface area contributed by atoms with Gasteiger partial charge in [-0.15, -0.1) is 14.8 Å². The van der Waals surface area contributed by atoms with E-state index in [0.717, 1.165) is 31.7 Å². The normalized spacial score (nSPS) is 18.6. The van der Waals surface area contributed by atoms with Crippen molar-refractivity contribution in [1.82, 2.24) is 30.2 Å². The van der Waals surface area contributed by atoms with Crippen LogP contribution in [0.1, 0.15) is 12.8 Å². The smallest absolute Gasteiger partial charge is 0.200 e. The number of nitrogens with zero attached hydrogens (tertiary/aromatic N) is 6. The van der Waals surface area contributed by atoms with Gasteiger partial charge in [-0.3, -0.25) is 0 Å². The lowest BCUT2D eigenvalue weighted by atomic mass is 10.1. The molecule has 90 valence electrons. The van der Waals surface area contributed by atoms with Gasteiger partial charge in [0, 0.05) is 6.04 Å². The summed E-state index contributed by atoms with van der Waals surface area (Å²) in [7, 11) is 2.15. The topological polar surface area (TPSA) is 71.2 Å². The van der Waals surface area contributed by atoms with Crippen LogP contribution in [0.2, 0.25) is 0 Å². The highest BCUT2D eigenvalue weighted by Crippen LogP contribution is 2.13. The summed E-state index contributed by atoms with van der Waals surface area (Å²) in [5, 5.41) is 18.9. The van der Waals surface area contributed by atoms with Crippen LogP contribution in [0.4, 0.5) is 5.82 Å². The third kappa shape index (κ3) is 2.19. The highest BCUT2D eigenvalue weighted by molar-refractivity contribution is 5.42. The predicted octanol–water partition coefficient (Wildman–Crippen LogP) is 0.0254.